The maximum atomic E-state index is 12.4. The Hall–Kier alpha value is -1.55. The molecule has 4 heteroatoms. The predicted octanol–water partition coefficient (Wildman–Crippen LogP) is 1.81. The fourth-order valence-corrected chi connectivity index (χ4v) is 2.51. The first kappa shape index (κ1) is 13.9. The summed E-state index contributed by atoms with van der Waals surface area (Å²) in [5.74, 6) is 0.559. The van der Waals surface area contributed by atoms with Gasteiger partial charge in [0.15, 0.2) is 0 Å². The fraction of sp³-hybridized carbons (Fsp3) is 0.533. The van der Waals surface area contributed by atoms with Gasteiger partial charge in [-0.1, -0.05) is 26.0 Å². The Bertz CT molecular complexity index is 457. The smallest absolute Gasteiger partial charge is 0.255 e. The molecular weight excluding hydrogens is 240 g/mol. The van der Waals surface area contributed by atoms with Gasteiger partial charge in [-0.05, 0) is 30.5 Å². The van der Waals surface area contributed by atoms with Gasteiger partial charge >= 0.3 is 0 Å². The number of methoxy groups -OCH3 is 1. The Kier molecular flexibility index (Phi) is 4.10. The van der Waals surface area contributed by atoms with E-state index in [9.17, 15) is 4.79 Å². The number of ether oxygens (including phenoxy) is 1. The Balaban J connectivity index is 2.12. The molecule has 2 N–H and O–H groups in total. The summed E-state index contributed by atoms with van der Waals surface area (Å²) in [6.45, 7) is 6.21. The summed E-state index contributed by atoms with van der Waals surface area (Å²) in [5, 5.41) is 6.51. The summed E-state index contributed by atoms with van der Waals surface area (Å²) in [6.07, 6.45) is 0.952. The van der Waals surface area contributed by atoms with Gasteiger partial charge < -0.3 is 15.4 Å². The molecular formula is C15H22N2O2. The van der Waals surface area contributed by atoms with Crippen LogP contribution in [0.3, 0.4) is 0 Å². The average Bonchev–Trinajstić information content (AvgIpc) is 2.41. The van der Waals surface area contributed by atoms with Crippen LogP contribution in [-0.4, -0.2) is 32.1 Å². The largest absolute Gasteiger partial charge is 0.496 e. The number of hydrogen-bond donors (Lipinski definition) is 2. The van der Waals surface area contributed by atoms with Crippen molar-refractivity contribution in [1.29, 1.82) is 0 Å². The lowest BCUT2D eigenvalue weighted by molar-refractivity contribution is 0.0865. The molecule has 1 unspecified atom stereocenters. The van der Waals surface area contributed by atoms with E-state index in [-0.39, 0.29) is 17.4 Å². The van der Waals surface area contributed by atoms with E-state index >= 15 is 0 Å². The summed E-state index contributed by atoms with van der Waals surface area (Å²) in [4.78, 5) is 12.4. The Labute approximate surface area is 114 Å². The molecule has 0 saturated carbocycles. The zero-order valence-electron chi connectivity index (χ0n) is 11.8. The molecule has 104 valence electrons. The molecule has 0 aromatic heterocycles. The number of amides is 1. The molecule has 1 saturated heterocycles. The number of hydrogen-bond acceptors (Lipinski definition) is 3. The van der Waals surface area contributed by atoms with Gasteiger partial charge in [0.2, 0.25) is 0 Å². The summed E-state index contributed by atoms with van der Waals surface area (Å²) in [7, 11) is 1.58. The monoisotopic (exact) mass is 262 g/mol. The molecule has 1 atom stereocenters. The second-order valence-corrected chi connectivity index (χ2v) is 5.68. The number of benzene rings is 1. The number of piperidine rings is 1. The standard InChI is InChI=1S/C15H22N2O2/c1-15(2)10-16-9-8-13(15)17-14(18)11-6-4-5-7-12(11)19-3/h4-7,13,16H,8-10H2,1-3H3,(H,17,18). The molecule has 2 rings (SSSR count). The van der Waals surface area contributed by atoms with Crippen LogP contribution in [0.25, 0.3) is 0 Å². The van der Waals surface area contributed by atoms with Crippen molar-refractivity contribution >= 4 is 5.91 Å². The van der Waals surface area contributed by atoms with E-state index in [0.717, 1.165) is 19.5 Å². The van der Waals surface area contributed by atoms with Gasteiger partial charge in [0.25, 0.3) is 5.91 Å². The van der Waals surface area contributed by atoms with Crippen molar-refractivity contribution in [2.75, 3.05) is 20.2 Å². The fourth-order valence-electron chi connectivity index (χ4n) is 2.51. The summed E-state index contributed by atoms with van der Waals surface area (Å²) >= 11 is 0. The Morgan fingerprint density at radius 3 is 2.84 bits per heavy atom. The number of para-hydroxylation sites is 1. The molecule has 1 aromatic carbocycles. The lowest BCUT2D eigenvalue weighted by Crippen LogP contribution is -2.54. The highest BCUT2D eigenvalue weighted by molar-refractivity contribution is 5.97. The first-order valence-corrected chi connectivity index (χ1v) is 6.69. The van der Waals surface area contributed by atoms with Crippen molar-refractivity contribution in [1.82, 2.24) is 10.6 Å². The molecule has 0 aliphatic carbocycles. The van der Waals surface area contributed by atoms with Crippen LogP contribution < -0.4 is 15.4 Å². The molecule has 1 aliphatic rings. The number of rotatable bonds is 3. The second-order valence-electron chi connectivity index (χ2n) is 5.68. The van der Waals surface area contributed by atoms with Gasteiger partial charge in [0, 0.05) is 12.6 Å². The van der Waals surface area contributed by atoms with Crippen LogP contribution in [0.4, 0.5) is 0 Å². The summed E-state index contributed by atoms with van der Waals surface area (Å²) in [6, 6.07) is 7.51. The molecule has 1 heterocycles. The van der Waals surface area contributed by atoms with Crippen LogP contribution in [0.15, 0.2) is 24.3 Å². The van der Waals surface area contributed by atoms with Gasteiger partial charge in [-0.15, -0.1) is 0 Å². The maximum Gasteiger partial charge on any atom is 0.255 e. The first-order chi connectivity index (χ1) is 9.04. The van der Waals surface area contributed by atoms with Crippen LogP contribution in [0, 0.1) is 5.41 Å². The quantitative estimate of drug-likeness (QED) is 0.873. The van der Waals surface area contributed by atoms with E-state index in [0.29, 0.717) is 11.3 Å². The van der Waals surface area contributed by atoms with Crippen molar-refractivity contribution in [3.05, 3.63) is 29.8 Å². The van der Waals surface area contributed by atoms with Crippen LogP contribution in [-0.2, 0) is 0 Å². The Morgan fingerprint density at radius 2 is 2.16 bits per heavy atom. The van der Waals surface area contributed by atoms with Crippen molar-refractivity contribution < 1.29 is 9.53 Å². The van der Waals surface area contributed by atoms with Crippen molar-refractivity contribution in [3.8, 4) is 5.75 Å². The zero-order valence-corrected chi connectivity index (χ0v) is 11.8. The predicted molar refractivity (Wildman–Crippen MR) is 75.5 cm³/mol. The van der Waals surface area contributed by atoms with E-state index in [1.807, 2.05) is 18.2 Å². The molecule has 1 aromatic rings. The van der Waals surface area contributed by atoms with Crippen LogP contribution in [0.5, 0.6) is 5.75 Å². The van der Waals surface area contributed by atoms with E-state index in [4.69, 9.17) is 4.74 Å². The normalized spacial score (nSPS) is 21.7. The maximum absolute atomic E-state index is 12.4. The van der Waals surface area contributed by atoms with E-state index < -0.39 is 0 Å². The third-order valence-corrected chi connectivity index (χ3v) is 3.79. The van der Waals surface area contributed by atoms with Crippen LogP contribution in [0.2, 0.25) is 0 Å². The van der Waals surface area contributed by atoms with Gasteiger partial charge in [0.1, 0.15) is 5.75 Å². The van der Waals surface area contributed by atoms with Crippen LogP contribution >= 0.6 is 0 Å². The number of nitrogens with one attached hydrogen (secondary N) is 2. The van der Waals surface area contributed by atoms with Gasteiger partial charge in [-0.25, -0.2) is 0 Å². The zero-order chi connectivity index (χ0) is 13.9. The average molecular weight is 262 g/mol. The minimum absolute atomic E-state index is 0.0579. The van der Waals surface area contributed by atoms with Crippen molar-refractivity contribution in [2.24, 2.45) is 5.41 Å². The third-order valence-electron chi connectivity index (χ3n) is 3.79. The van der Waals surface area contributed by atoms with Gasteiger partial charge in [-0.3, -0.25) is 4.79 Å². The van der Waals surface area contributed by atoms with Gasteiger partial charge in [-0.2, -0.15) is 0 Å². The molecule has 4 nitrogen and oxygen atoms in total. The van der Waals surface area contributed by atoms with E-state index in [1.54, 1.807) is 13.2 Å². The van der Waals surface area contributed by atoms with Crippen LogP contribution in [0.1, 0.15) is 30.6 Å². The highest BCUT2D eigenvalue weighted by atomic mass is 16.5. The van der Waals surface area contributed by atoms with Gasteiger partial charge in [0.05, 0.1) is 12.7 Å². The highest BCUT2D eigenvalue weighted by Crippen LogP contribution is 2.26. The number of carbonyl (C=O) groups is 1. The third kappa shape index (κ3) is 3.07. The minimum Gasteiger partial charge on any atom is -0.496 e. The molecule has 1 amide bonds. The molecule has 1 aliphatic heterocycles. The van der Waals surface area contributed by atoms with E-state index in [2.05, 4.69) is 24.5 Å². The minimum atomic E-state index is -0.0579. The summed E-state index contributed by atoms with van der Waals surface area (Å²) < 4.78 is 5.23. The Morgan fingerprint density at radius 1 is 1.42 bits per heavy atom. The summed E-state index contributed by atoms with van der Waals surface area (Å²) in [5.41, 5.74) is 0.662. The second kappa shape index (κ2) is 5.61. The first-order valence-electron chi connectivity index (χ1n) is 6.69. The SMILES string of the molecule is COc1ccccc1C(=O)NC1CCNCC1(C)C. The topological polar surface area (TPSA) is 50.4 Å². The van der Waals surface area contributed by atoms with Crippen molar-refractivity contribution in [2.45, 2.75) is 26.3 Å². The van der Waals surface area contributed by atoms with E-state index in [1.165, 1.54) is 0 Å². The molecule has 1 fully saturated rings. The highest BCUT2D eigenvalue weighted by Gasteiger charge is 2.33. The molecule has 0 spiro atoms. The van der Waals surface area contributed by atoms with Crippen molar-refractivity contribution in [3.63, 3.8) is 0 Å². The number of carbonyl (C=O) groups excluding carboxylic acids is 1. The molecule has 19 heavy (non-hydrogen) atoms. The lowest BCUT2D eigenvalue weighted by atomic mass is 9.80. The lowest BCUT2D eigenvalue weighted by Gasteiger charge is -2.39. The molecule has 0 radical (unpaired) electrons. The molecule has 0 bridgehead atoms.